The van der Waals surface area contributed by atoms with Gasteiger partial charge < -0.3 is 10.8 Å². The molecule has 1 aromatic rings. The fraction of sp³-hybridized carbons (Fsp3) is 0.500. The summed E-state index contributed by atoms with van der Waals surface area (Å²) in [7, 11) is 0. The van der Waals surface area contributed by atoms with E-state index in [2.05, 4.69) is 12.1 Å². The number of hydrogen-bond acceptors (Lipinski definition) is 2. The van der Waals surface area contributed by atoms with Crippen molar-refractivity contribution in [3.05, 3.63) is 35.4 Å². The lowest BCUT2D eigenvalue weighted by atomic mass is 9.72. The van der Waals surface area contributed by atoms with Crippen LogP contribution in [0.4, 0.5) is 0 Å². The van der Waals surface area contributed by atoms with Crippen molar-refractivity contribution in [2.24, 2.45) is 5.73 Å². The summed E-state index contributed by atoms with van der Waals surface area (Å²) < 4.78 is 0. The van der Waals surface area contributed by atoms with Gasteiger partial charge >= 0.3 is 0 Å². The summed E-state index contributed by atoms with van der Waals surface area (Å²) in [5.74, 6) is 0. The summed E-state index contributed by atoms with van der Waals surface area (Å²) in [5.41, 5.74) is 8.56. The predicted octanol–water partition coefficient (Wildman–Crippen LogP) is 1.56. The zero-order chi connectivity index (χ0) is 10.0. The van der Waals surface area contributed by atoms with Crippen LogP contribution in [0.3, 0.4) is 0 Å². The third-order valence-electron chi connectivity index (χ3n) is 3.15. The summed E-state index contributed by atoms with van der Waals surface area (Å²) in [4.78, 5) is 0. The van der Waals surface area contributed by atoms with Crippen molar-refractivity contribution < 1.29 is 5.11 Å². The summed E-state index contributed by atoms with van der Waals surface area (Å²) in [5, 5.41) is 8.85. The molecule has 2 rings (SSSR count). The Kier molecular flexibility index (Phi) is 2.57. The number of aliphatic hydroxyl groups excluding tert-OH is 1. The maximum Gasteiger partial charge on any atom is 0.0471 e. The van der Waals surface area contributed by atoms with E-state index in [1.54, 1.807) is 0 Å². The second kappa shape index (κ2) is 3.71. The second-order valence-corrected chi connectivity index (χ2v) is 4.18. The van der Waals surface area contributed by atoms with E-state index in [1.807, 2.05) is 12.1 Å². The molecule has 0 spiro atoms. The van der Waals surface area contributed by atoms with Gasteiger partial charge in [0.05, 0.1) is 0 Å². The molecule has 1 saturated carbocycles. The minimum absolute atomic E-state index is 0.0779. The van der Waals surface area contributed by atoms with Crippen LogP contribution in [0, 0.1) is 0 Å². The number of nitrogens with two attached hydrogens (primary N) is 1. The normalized spacial score (nSPS) is 19.0. The molecule has 0 bridgehead atoms. The molecule has 0 aromatic heterocycles. The van der Waals surface area contributed by atoms with Crippen LogP contribution in [0.1, 0.15) is 30.4 Å². The van der Waals surface area contributed by atoms with Crippen LogP contribution in [0.15, 0.2) is 24.3 Å². The van der Waals surface area contributed by atoms with E-state index in [9.17, 15) is 0 Å². The van der Waals surface area contributed by atoms with Gasteiger partial charge in [0.1, 0.15) is 0 Å². The molecule has 0 saturated heterocycles. The van der Waals surface area contributed by atoms with E-state index >= 15 is 0 Å². The molecule has 0 radical (unpaired) electrons. The van der Waals surface area contributed by atoms with Gasteiger partial charge in [-0.3, -0.25) is 0 Å². The SMILES string of the molecule is NC1(c2cccc(CCO)c2)CCC1. The average molecular weight is 191 g/mol. The monoisotopic (exact) mass is 191 g/mol. The van der Waals surface area contributed by atoms with Crippen LogP contribution >= 0.6 is 0 Å². The number of hydrogen-bond donors (Lipinski definition) is 2. The average Bonchev–Trinajstić information content (AvgIpc) is 2.15. The van der Waals surface area contributed by atoms with Crippen molar-refractivity contribution in [3.63, 3.8) is 0 Å². The molecule has 0 atom stereocenters. The Morgan fingerprint density at radius 1 is 1.36 bits per heavy atom. The molecule has 2 heteroatoms. The van der Waals surface area contributed by atoms with E-state index in [0.29, 0.717) is 0 Å². The third-order valence-corrected chi connectivity index (χ3v) is 3.15. The van der Waals surface area contributed by atoms with Crippen LogP contribution in [0.2, 0.25) is 0 Å². The number of rotatable bonds is 3. The standard InChI is InChI=1S/C12H17NO/c13-12(6-2-7-12)11-4-1-3-10(9-11)5-8-14/h1,3-4,9,14H,2,5-8,13H2. The first kappa shape index (κ1) is 9.69. The fourth-order valence-corrected chi connectivity index (χ4v) is 2.01. The fourth-order valence-electron chi connectivity index (χ4n) is 2.01. The molecule has 1 aromatic carbocycles. The van der Waals surface area contributed by atoms with Gasteiger partial charge in [-0.05, 0) is 36.8 Å². The zero-order valence-electron chi connectivity index (χ0n) is 8.37. The van der Waals surface area contributed by atoms with Gasteiger partial charge in [-0.1, -0.05) is 24.3 Å². The van der Waals surface area contributed by atoms with E-state index in [-0.39, 0.29) is 12.1 Å². The van der Waals surface area contributed by atoms with E-state index in [4.69, 9.17) is 10.8 Å². The van der Waals surface area contributed by atoms with Crippen LogP contribution in [-0.4, -0.2) is 11.7 Å². The molecular weight excluding hydrogens is 174 g/mol. The van der Waals surface area contributed by atoms with Crippen molar-refractivity contribution in [2.45, 2.75) is 31.2 Å². The number of benzene rings is 1. The van der Waals surface area contributed by atoms with Crippen molar-refractivity contribution in [1.82, 2.24) is 0 Å². The van der Waals surface area contributed by atoms with Gasteiger partial charge in [-0.15, -0.1) is 0 Å². The smallest absolute Gasteiger partial charge is 0.0471 e. The first-order valence-corrected chi connectivity index (χ1v) is 5.24. The van der Waals surface area contributed by atoms with Crippen molar-refractivity contribution >= 4 is 0 Å². The zero-order valence-corrected chi connectivity index (χ0v) is 8.37. The Morgan fingerprint density at radius 3 is 2.71 bits per heavy atom. The number of aliphatic hydroxyl groups is 1. The summed E-state index contributed by atoms with van der Waals surface area (Å²) in [6, 6.07) is 8.31. The highest BCUT2D eigenvalue weighted by atomic mass is 16.2. The molecule has 14 heavy (non-hydrogen) atoms. The maximum atomic E-state index is 8.85. The topological polar surface area (TPSA) is 46.2 Å². The highest BCUT2D eigenvalue weighted by Gasteiger charge is 2.34. The van der Waals surface area contributed by atoms with E-state index in [1.165, 1.54) is 17.5 Å². The summed E-state index contributed by atoms with van der Waals surface area (Å²) in [6.07, 6.45) is 4.15. The molecule has 1 aliphatic rings. The predicted molar refractivity (Wildman–Crippen MR) is 56.9 cm³/mol. The molecule has 1 aliphatic carbocycles. The summed E-state index contributed by atoms with van der Waals surface area (Å²) in [6.45, 7) is 0.209. The lowest BCUT2D eigenvalue weighted by Crippen LogP contribution is -2.43. The van der Waals surface area contributed by atoms with Gasteiger partial charge in [0.2, 0.25) is 0 Å². The Hall–Kier alpha value is -0.860. The lowest BCUT2D eigenvalue weighted by molar-refractivity contribution is 0.253. The molecule has 3 N–H and O–H groups in total. The summed E-state index contributed by atoms with van der Waals surface area (Å²) >= 11 is 0. The van der Waals surface area contributed by atoms with Gasteiger partial charge in [0.15, 0.2) is 0 Å². The van der Waals surface area contributed by atoms with Crippen LogP contribution in [-0.2, 0) is 12.0 Å². The molecular formula is C12H17NO. The maximum absolute atomic E-state index is 8.85. The quantitative estimate of drug-likeness (QED) is 0.761. The van der Waals surface area contributed by atoms with Crippen LogP contribution < -0.4 is 5.73 Å². The van der Waals surface area contributed by atoms with Crippen LogP contribution in [0.5, 0.6) is 0 Å². The van der Waals surface area contributed by atoms with Gasteiger partial charge in [-0.2, -0.15) is 0 Å². The Labute approximate surface area is 84.7 Å². The van der Waals surface area contributed by atoms with Crippen molar-refractivity contribution in [1.29, 1.82) is 0 Å². The Balaban J connectivity index is 2.21. The lowest BCUT2D eigenvalue weighted by Gasteiger charge is -2.38. The highest BCUT2D eigenvalue weighted by Crippen LogP contribution is 2.38. The Bertz CT molecular complexity index is 318. The molecule has 76 valence electrons. The minimum atomic E-state index is -0.0779. The Morgan fingerprint density at radius 2 is 2.14 bits per heavy atom. The molecule has 0 aliphatic heterocycles. The molecule has 1 fully saturated rings. The largest absolute Gasteiger partial charge is 0.396 e. The van der Waals surface area contributed by atoms with Gasteiger partial charge in [0.25, 0.3) is 0 Å². The molecule has 2 nitrogen and oxygen atoms in total. The molecule has 0 amide bonds. The third kappa shape index (κ3) is 1.68. The molecule has 0 heterocycles. The minimum Gasteiger partial charge on any atom is -0.396 e. The van der Waals surface area contributed by atoms with E-state index in [0.717, 1.165) is 19.3 Å². The van der Waals surface area contributed by atoms with E-state index < -0.39 is 0 Å². The first-order valence-electron chi connectivity index (χ1n) is 5.24. The van der Waals surface area contributed by atoms with Gasteiger partial charge in [-0.25, -0.2) is 0 Å². The second-order valence-electron chi connectivity index (χ2n) is 4.18. The highest BCUT2D eigenvalue weighted by molar-refractivity contribution is 5.31. The van der Waals surface area contributed by atoms with Crippen molar-refractivity contribution in [3.8, 4) is 0 Å². The first-order chi connectivity index (χ1) is 6.74. The molecule has 0 unspecified atom stereocenters. The van der Waals surface area contributed by atoms with Crippen molar-refractivity contribution in [2.75, 3.05) is 6.61 Å². The van der Waals surface area contributed by atoms with Crippen LogP contribution in [0.25, 0.3) is 0 Å². The van der Waals surface area contributed by atoms with Gasteiger partial charge in [0, 0.05) is 12.1 Å².